The third-order valence-corrected chi connectivity index (χ3v) is 4.25. The maximum atomic E-state index is 12.9. The average Bonchev–Trinajstić information content (AvgIpc) is 2.44. The largest absolute Gasteiger partial charge is 0.446 e. The zero-order valence-electron chi connectivity index (χ0n) is 12.0. The molecule has 9 heteroatoms. The Morgan fingerprint density at radius 1 is 1.00 bits per heavy atom. The van der Waals surface area contributed by atoms with Crippen LogP contribution < -0.4 is 5.32 Å². The van der Waals surface area contributed by atoms with Crippen LogP contribution in [0.5, 0.6) is 0 Å². The van der Waals surface area contributed by atoms with Gasteiger partial charge >= 0.3 is 11.7 Å². The minimum absolute atomic E-state index is 0.0349. The molecule has 1 N–H and O–H groups in total. The number of hydrogen-bond acceptors (Lipinski definition) is 3. The van der Waals surface area contributed by atoms with Gasteiger partial charge in [0.25, 0.3) is 0 Å². The lowest BCUT2D eigenvalue weighted by molar-refractivity contribution is -0.148. The van der Waals surface area contributed by atoms with Gasteiger partial charge in [0, 0.05) is 37.1 Å². The third kappa shape index (κ3) is 6.23. The van der Waals surface area contributed by atoms with Gasteiger partial charge in [-0.25, -0.2) is 0 Å². The maximum Gasteiger partial charge on any atom is 0.446 e. The van der Waals surface area contributed by atoms with E-state index in [1.165, 1.54) is 24.3 Å². The van der Waals surface area contributed by atoms with E-state index in [9.17, 15) is 26.3 Å². The Morgan fingerprint density at radius 3 is 2.04 bits per heavy atom. The molecule has 1 fully saturated rings. The van der Waals surface area contributed by atoms with Crippen LogP contribution in [-0.2, 0) is 0 Å². The highest BCUT2D eigenvalue weighted by molar-refractivity contribution is 8.00. The van der Waals surface area contributed by atoms with Gasteiger partial charge < -0.3 is 5.32 Å². The number of alkyl halides is 6. The second-order valence-electron chi connectivity index (χ2n) is 5.24. The fraction of sp³-hybridized carbons (Fsp3) is 0.571. The Kier molecular flexibility index (Phi) is 5.85. The van der Waals surface area contributed by atoms with Gasteiger partial charge in [-0.2, -0.15) is 26.3 Å². The predicted octanol–water partition coefficient (Wildman–Crippen LogP) is 4.20. The van der Waals surface area contributed by atoms with Crippen LogP contribution in [0.1, 0.15) is 18.0 Å². The SMILES string of the molecule is FC(F)(F)C[C@@H](c1ccc(SC(F)(F)F)cc1)N1CCNCC1. The highest BCUT2D eigenvalue weighted by atomic mass is 32.2. The van der Waals surface area contributed by atoms with E-state index in [1.807, 2.05) is 0 Å². The van der Waals surface area contributed by atoms with Crippen molar-refractivity contribution in [2.24, 2.45) is 0 Å². The molecule has 0 aromatic heterocycles. The van der Waals surface area contributed by atoms with Crippen molar-refractivity contribution in [3.8, 4) is 0 Å². The number of thioether (sulfide) groups is 1. The summed E-state index contributed by atoms with van der Waals surface area (Å²) in [5.41, 5.74) is -4.03. The highest BCUT2D eigenvalue weighted by Gasteiger charge is 2.36. The standard InChI is InChI=1S/C14H16F6N2S/c15-13(16,17)9-12(22-7-5-21-6-8-22)10-1-3-11(4-2-10)23-14(18,19)20/h1-4,12,21H,5-9H2/t12-/m0/s1. The van der Waals surface area contributed by atoms with Gasteiger partial charge in [-0.15, -0.1) is 0 Å². The van der Waals surface area contributed by atoms with Gasteiger partial charge in [0.05, 0.1) is 6.42 Å². The number of nitrogens with one attached hydrogen (secondary N) is 1. The number of rotatable bonds is 4. The number of piperazine rings is 1. The van der Waals surface area contributed by atoms with Gasteiger partial charge in [0.2, 0.25) is 0 Å². The normalized spacial score (nSPS) is 18.9. The first-order valence-corrected chi connectivity index (χ1v) is 7.83. The monoisotopic (exact) mass is 358 g/mol. The van der Waals surface area contributed by atoms with Gasteiger partial charge in [-0.1, -0.05) is 12.1 Å². The topological polar surface area (TPSA) is 15.3 Å². The van der Waals surface area contributed by atoms with Crippen molar-refractivity contribution >= 4 is 11.8 Å². The Bertz CT molecular complexity index is 493. The van der Waals surface area contributed by atoms with Gasteiger partial charge in [0.1, 0.15) is 0 Å². The molecule has 1 aromatic rings. The molecule has 130 valence electrons. The van der Waals surface area contributed by atoms with Crippen LogP contribution >= 0.6 is 11.8 Å². The van der Waals surface area contributed by atoms with E-state index < -0.39 is 24.1 Å². The van der Waals surface area contributed by atoms with E-state index in [0.717, 1.165) is 0 Å². The van der Waals surface area contributed by atoms with Crippen molar-refractivity contribution < 1.29 is 26.3 Å². The summed E-state index contributed by atoms with van der Waals surface area (Å²) in [6.07, 6.45) is -5.35. The molecule has 0 aliphatic carbocycles. The molecular formula is C14H16F6N2S. The van der Waals surface area contributed by atoms with Crippen LogP contribution in [0.2, 0.25) is 0 Å². The van der Waals surface area contributed by atoms with Crippen LogP contribution in [0, 0.1) is 0 Å². The van der Waals surface area contributed by atoms with E-state index >= 15 is 0 Å². The van der Waals surface area contributed by atoms with Crippen molar-refractivity contribution in [2.75, 3.05) is 26.2 Å². The minimum Gasteiger partial charge on any atom is -0.314 e. The second kappa shape index (κ2) is 7.31. The summed E-state index contributed by atoms with van der Waals surface area (Å²) in [4.78, 5) is 1.68. The molecule has 23 heavy (non-hydrogen) atoms. The molecule has 0 spiro atoms. The summed E-state index contributed by atoms with van der Waals surface area (Å²) in [7, 11) is 0. The molecule has 1 aliphatic heterocycles. The lowest BCUT2D eigenvalue weighted by Gasteiger charge is -2.35. The first-order chi connectivity index (χ1) is 10.6. The molecule has 0 radical (unpaired) electrons. The first-order valence-electron chi connectivity index (χ1n) is 7.01. The fourth-order valence-corrected chi connectivity index (χ4v) is 3.10. The van der Waals surface area contributed by atoms with Crippen molar-refractivity contribution in [1.82, 2.24) is 10.2 Å². The van der Waals surface area contributed by atoms with Crippen molar-refractivity contribution in [3.05, 3.63) is 29.8 Å². The number of halogens is 6. The van der Waals surface area contributed by atoms with Gasteiger partial charge in [-0.3, -0.25) is 4.90 Å². The lowest BCUT2D eigenvalue weighted by Crippen LogP contribution is -2.46. The average molecular weight is 358 g/mol. The Labute approximate surface area is 134 Å². The van der Waals surface area contributed by atoms with Crippen LogP contribution in [0.3, 0.4) is 0 Å². The number of nitrogens with zero attached hydrogens (tertiary/aromatic N) is 1. The maximum absolute atomic E-state index is 12.9. The lowest BCUT2D eigenvalue weighted by atomic mass is 10.0. The summed E-state index contributed by atoms with van der Waals surface area (Å²) in [6, 6.07) is 4.28. The van der Waals surface area contributed by atoms with Gasteiger partial charge in [-0.05, 0) is 29.5 Å². The predicted molar refractivity (Wildman–Crippen MR) is 76.2 cm³/mol. The minimum atomic E-state index is -4.41. The van der Waals surface area contributed by atoms with E-state index in [4.69, 9.17) is 0 Å². The molecule has 1 heterocycles. The summed E-state index contributed by atoms with van der Waals surface area (Å²) in [5, 5.41) is 3.07. The summed E-state index contributed by atoms with van der Waals surface area (Å²) in [6.45, 7) is 2.13. The number of hydrogen-bond donors (Lipinski definition) is 1. The quantitative estimate of drug-likeness (QED) is 0.642. The fourth-order valence-electron chi connectivity index (χ4n) is 2.56. The summed E-state index contributed by atoms with van der Waals surface area (Å²) in [5.74, 6) is 0. The Morgan fingerprint density at radius 2 is 1.57 bits per heavy atom. The Hall–Kier alpha value is -0.930. The number of benzene rings is 1. The molecule has 2 rings (SSSR count). The van der Waals surface area contributed by atoms with E-state index in [2.05, 4.69) is 5.32 Å². The zero-order chi connectivity index (χ0) is 17.1. The highest BCUT2D eigenvalue weighted by Crippen LogP contribution is 2.38. The van der Waals surface area contributed by atoms with Crippen LogP contribution in [0.25, 0.3) is 0 Å². The molecule has 1 aliphatic rings. The molecule has 0 bridgehead atoms. The summed E-state index contributed by atoms with van der Waals surface area (Å²) < 4.78 is 75.5. The first kappa shape index (κ1) is 18.4. The molecule has 2 nitrogen and oxygen atoms in total. The van der Waals surface area contributed by atoms with Crippen molar-refractivity contribution in [3.63, 3.8) is 0 Å². The van der Waals surface area contributed by atoms with Crippen LogP contribution in [0.4, 0.5) is 26.3 Å². The zero-order valence-corrected chi connectivity index (χ0v) is 12.9. The van der Waals surface area contributed by atoms with Crippen molar-refractivity contribution in [2.45, 2.75) is 29.0 Å². The molecule has 1 atom stereocenters. The van der Waals surface area contributed by atoms with E-state index in [1.54, 1.807) is 4.90 Å². The molecule has 1 aromatic carbocycles. The molecule has 0 unspecified atom stereocenters. The molecular weight excluding hydrogens is 342 g/mol. The Balaban J connectivity index is 2.17. The second-order valence-corrected chi connectivity index (χ2v) is 6.38. The smallest absolute Gasteiger partial charge is 0.314 e. The van der Waals surface area contributed by atoms with Crippen molar-refractivity contribution in [1.29, 1.82) is 0 Å². The molecule has 1 saturated heterocycles. The van der Waals surface area contributed by atoms with Crippen LogP contribution in [-0.4, -0.2) is 42.8 Å². The molecule has 0 saturated carbocycles. The van der Waals surface area contributed by atoms with Gasteiger partial charge in [0.15, 0.2) is 0 Å². The summed E-state index contributed by atoms with van der Waals surface area (Å²) >= 11 is -0.276. The van der Waals surface area contributed by atoms with E-state index in [-0.39, 0.29) is 16.7 Å². The van der Waals surface area contributed by atoms with E-state index in [0.29, 0.717) is 31.7 Å². The molecule has 0 amide bonds. The third-order valence-electron chi connectivity index (χ3n) is 3.52. The van der Waals surface area contributed by atoms with Crippen LogP contribution in [0.15, 0.2) is 29.2 Å².